The molecule has 21 heavy (non-hydrogen) atoms. The molecular formula is H12NdO16P4. The zero-order valence-corrected chi connectivity index (χ0v) is 16.1. The molecule has 0 amide bonds. The summed E-state index contributed by atoms with van der Waals surface area (Å²) in [5, 5.41) is 0. The van der Waals surface area contributed by atoms with Gasteiger partial charge in [0.05, 0.1) is 0 Å². The van der Waals surface area contributed by atoms with Crippen LogP contribution in [0.1, 0.15) is 0 Å². The van der Waals surface area contributed by atoms with Crippen molar-refractivity contribution in [2.24, 2.45) is 0 Å². The van der Waals surface area contributed by atoms with Crippen molar-refractivity contribution in [1.82, 2.24) is 0 Å². The average Bonchev–Trinajstić information content (AvgIpc) is 1.62. The Balaban J connectivity index is -0.0000000533. The molecule has 0 atom stereocenters. The first-order chi connectivity index (χ1) is 8.00. The van der Waals surface area contributed by atoms with Gasteiger partial charge in [-0.15, -0.1) is 0 Å². The van der Waals surface area contributed by atoms with Gasteiger partial charge in [-0.1, -0.05) is 0 Å². The van der Waals surface area contributed by atoms with Crippen molar-refractivity contribution < 1.29 is 118 Å². The summed E-state index contributed by atoms with van der Waals surface area (Å²) in [6.45, 7) is 0. The molecule has 0 rings (SSSR count). The van der Waals surface area contributed by atoms with Crippen LogP contribution >= 0.6 is 31.3 Å². The molecule has 0 saturated carbocycles. The topological polar surface area (TPSA) is 311 Å². The molecular weight excluding hydrogens is 524 g/mol. The van der Waals surface area contributed by atoms with E-state index < -0.39 is 31.3 Å². The van der Waals surface area contributed by atoms with Crippen LogP contribution in [0.3, 0.4) is 0 Å². The molecule has 0 spiro atoms. The SMILES string of the molecule is O=P(O)(O)O.O=P(O)(O)O.O=P(O)(O)O.O=P(O)(O)O.[Nd]. The molecule has 12 N–H and O–H groups in total. The number of hydrogen-bond acceptors (Lipinski definition) is 4. The minimum atomic E-state index is -4.64. The summed E-state index contributed by atoms with van der Waals surface area (Å²) >= 11 is 0. The van der Waals surface area contributed by atoms with Crippen LogP contribution in [0.25, 0.3) is 0 Å². The summed E-state index contributed by atoms with van der Waals surface area (Å²) in [4.78, 5) is 86.2. The molecule has 0 fully saturated rings. The Labute approximate surface area is 148 Å². The molecule has 0 bridgehead atoms. The minimum absolute atomic E-state index is 0. The van der Waals surface area contributed by atoms with Gasteiger partial charge in [0.2, 0.25) is 0 Å². The van der Waals surface area contributed by atoms with Crippen LogP contribution in [0, 0.1) is 40.8 Å². The summed E-state index contributed by atoms with van der Waals surface area (Å²) in [6, 6.07) is 0. The smallest absolute Gasteiger partial charge is 0.303 e. The predicted octanol–water partition coefficient (Wildman–Crippen LogP) is -3.71. The summed E-state index contributed by atoms with van der Waals surface area (Å²) in [5.74, 6) is 0. The van der Waals surface area contributed by atoms with E-state index in [0.717, 1.165) is 0 Å². The van der Waals surface area contributed by atoms with Crippen LogP contribution in [-0.4, -0.2) is 58.7 Å². The van der Waals surface area contributed by atoms with E-state index in [1.54, 1.807) is 0 Å². The van der Waals surface area contributed by atoms with Crippen LogP contribution in [0.5, 0.6) is 0 Å². The first kappa shape index (κ1) is 34.2. The van der Waals surface area contributed by atoms with Crippen molar-refractivity contribution in [3.8, 4) is 0 Å². The molecule has 16 nitrogen and oxygen atoms in total. The predicted molar refractivity (Wildman–Crippen MR) is 57.1 cm³/mol. The van der Waals surface area contributed by atoms with Crippen molar-refractivity contribution in [2.45, 2.75) is 0 Å². The van der Waals surface area contributed by atoms with Gasteiger partial charge in [0.1, 0.15) is 0 Å². The number of phosphoric acid groups is 4. The molecule has 0 aromatic rings. The number of rotatable bonds is 0. The Morgan fingerprint density at radius 2 is 0.333 bits per heavy atom. The maximum Gasteiger partial charge on any atom is 0.466 e. The zero-order chi connectivity index (χ0) is 18.0. The Kier molecular flexibility index (Phi) is 23.1. The first-order valence-corrected chi connectivity index (χ1v) is 9.39. The van der Waals surface area contributed by atoms with Crippen molar-refractivity contribution >= 4 is 31.3 Å². The van der Waals surface area contributed by atoms with Crippen LogP contribution in [0.2, 0.25) is 0 Å². The van der Waals surface area contributed by atoms with E-state index in [-0.39, 0.29) is 40.8 Å². The molecule has 0 aliphatic rings. The van der Waals surface area contributed by atoms with E-state index in [1.165, 1.54) is 0 Å². The Bertz CT molecular complexity index is 285. The fraction of sp³-hybridized carbons (Fsp3) is 0. The summed E-state index contributed by atoms with van der Waals surface area (Å²) in [5.41, 5.74) is 0. The monoisotopic (exact) mass is 534 g/mol. The maximum atomic E-state index is 8.88. The van der Waals surface area contributed by atoms with Gasteiger partial charge in [0.15, 0.2) is 0 Å². The normalized spacial score (nSPS) is 11.2. The first-order valence-electron chi connectivity index (χ1n) is 3.13. The van der Waals surface area contributed by atoms with E-state index in [4.69, 9.17) is 77.0 Å². The Morgan fingerprint density at radius 1 is 0.333 bits per heavy atom. The standard InChI is InChI=1S/Nd.4H3O4P/c;4*1-5(2,3)4/h;4*(H3,1,2,3,4). The maximum absolute atomic E-state index is 8.88. The van der Waals surface area contributed by atoms with Gasteiger partial charge in [0.25, 0.3) is 0 Å². The Morgan fingerprint density at radius 3 is 0.333 bits per heavy atom. The van der Waals surface area contributed by atoms with Crippen molar-refractivity contribution in [1.29, 1.82) is 0 Å². The van der Waals surface area contributed by atoms with Gasteiger partial charge in [-0.3, -0.25) is 0 Å². The van der Waals surface area contributed by atoms with Gasteiger partial charge in [-0.05, 0) is 0 Å². The van der Waals surface area contributed by atoms with Gasteiger partial charge in [-0.2, -0.15) is 0 Å². The van der Waals surface area contributed by atoms with E-state index >= 15 is 0 Å². The van der Waals surface area contributed by atoms with E-state index in [2.05, 4.69) is 0 Å². The summed E-state index contributed by atoms with van der Waals surface area (Å²) < 4.78 is 35.5. The third kappa shape index (κ3) is 2660. The van der Waals surface area contributed by atoms with Crippen LogP contribution in [-0.2, 0) is 18.3 Å². The second kappa shape index (κ2) is 14.2. The van der Waals surface area contributed by atoms with Crippen LogP contribution in [0.4, 0.5) is 0 Å². The third-order valence-corrected chi connectivity index (χ3v) is 0. The second-order valence-corrected chi connectivity index (χ2v) is 6.16. The largest absolute Gasteiger partial charge is 0.466 e. The van der Waals surface area contributed by atoms with Gasteiger partial charge in [0, 0.05) is 40.8 Å². The van der Waals surface area contributed by atoms with E-state index in [1.807, 2.05) is 0 Å². The molecule has 21 heteroatoms. The summed E-state index contributed by atoms with van der Waals surface area (Å²) in [6.07, 6.45) is 0. The number of hydrogen-bond donors (Lipinski definition) is 12. The molecule has 0 saturated heterocycles. The van der Waals surface area contributed by atoms with E-state index in [9.17, 15) is 0 Å². The summed E-state index contributed by atoms with van der Waals surface area (Å²) in [7, 11) is -18.6. The van der Waals surface area contributed by atoms with Crippen molar-refractivity contribution in [2.75, 3.05) is 0 Å². The Hall–Kier alpha value is 1.79. The second-order valence-electron chi connectivity index (χ2n) is 2.05. The molecule has 0 aliphatic heterocycles. The molecule has 0 aromatic carbocycles. The quantitative estimate of drug-likeness (QED) is 0.132. The molecule has 0 heterocycles. The van der Waals surface area contributed by atoms with Crippen molar-refractivity contribution in [3.63, 3.8) is 0 Å². The third-order valence-electron chi connectivity index (χ3n) is 0. The zero-order valence-electron chi connectivity index (χ0n) is 9.29. The minimum Gasteiger partial charge on any atom is -0.303 e. The van der Waals surface area contributed by atoms with Gasteiger partial charge >= 0.3 is 31.3 Å². The molecule has 0 radical (unpaired) electrons. The van der Waals surface area contributed by atoms with Crippen LogP contribution < -0.4 is 0 Å². The van der Waals surface area contributed by atoms with Gasteiger partial charge in [-0.25, -0.2) is 18.3 Å². The fourth-order valence-corrected chi connectivity index (χ4v) is 0. The van der Waals surface area contributed by atoms with Gasteiger partial charge < -0.3 is 58.7 Å². The van der Waals surface area contributed by atoms with E-state index in [0.29, 0.717) is 0 Å². The fourth-order valence-electron chi connectivity index (χ4n) is 0. The molecule has 0 aliphatic carbocycles. The van der Waals surface area contributed by atoms with Crippen LogP contribution in [0.15, 0.2) is 0 Å². The average molecular weight is 536 g/mol. The molecule has 0 unspecified atom stereocenters. The molecule has 132 valence electrons. The van der Waals surface area contributed by atoms with Crippen molar-refractivity contribution in [3.05, 3.63) is 0 Å². The molecule has 0 aromatic heterocycles.